The normalized spacial score (nSPS) is 19.4. The van der Waals surface area contributed by atoms with E-state index in [1.54, 1.807) is 0 Å². The highest BCUT2D eigenvalue weighted by molar-refractivity contribution is 6.29. The molecule has 1 aliphatic heterocycles. The van der Waals surface area contributed by atoms with E-state index in [9.17, 15) is 0 Å². The molecule has 17 heavy (non-hydrogen) atoms. The molecule has 0 radical (unpaired) electrons. The van der Waals surface area contributed by atoms with Gasteiger partial charge in [0.05, 0.1) is 0 Å². The molecule has 1 saturated heterocycles. The van der Waals surface area contributed by atoms with Crippen LogP contribution in [0.5, 0.6) is 0 Å². The van der Waals surface area contributed by atoms with Gasteiger partial charge in [0.25, 0.3) is 0 Å². The zero-order valence-corrected chi connectivity index (χ0v) is 11.4. The molecule has 1 aromatic rings. The maximum atomic E-state index is 5.75. The molecule has 1 fully saturated rings. The molecule has 0 atom stereocenters. The summed E-state index contributed by atoms with van der Waals surface area (Å²) in [7, 11) is 0. The van der Waals surface area contributed by atoms with Gasteiger partial charge in [0, 0.05) is 13.1 Å². The number of piperidine rings is 1. The maximum Gasteiger partial charge on any atom is 0.151 e. The minimum atomic E-state index is 0.460. The molecule has 94 valence electrons. The highest BCUT2D eigenvalue weighted by Gasteiger charge is 2.31. The van der Waals surface area contributed by atoms with Gasteiger partial charge < -0.3 is 4.90 Å². The summed E-state index contributed by atoms with van der Waals surface area (Å²) in [5.41, 5.74) is 0.552. The lowest BCUT2D eigenvalue weighted by Crippen LogP contribution is -2.40. The van der Waals surface area contributed by atoms with Crippen LogP contribution in [0, 0.1) is 5.41 Å². The van der Waals surface area contributed by atoms with Crippen molar-refractivity contribution in [2.45, 2.75) is 39.5 Å². The lowest BCUT2D eigenvalue weighted by atomic mass is 9.74. The van der Waals surface area contributed by atoms with E-state index in [0.29, 0.717) is 10.6 Å². The molecule has 3 nitrogen and oxygen atoms in total. The van der Waals surface area contributed by atoms with Gasteiger partial charge in [-0.05, 0) is 30.4 Å². The number of hydrogen-bond donors (Lipinski definition) is 0. The van der Waals surface area contributed by atoms with Crippen molar-refractivity contribution in [1.29, 1.82) is 0 Å². The van der Waals surface area contributed by atoms with Gasteiger partial charge in [-0.2, -0.15) is 0 Å². The fraction of sp³-hybridized carbons (Fsp3) is 0.692. The summed E-state index contributed by atoms with van der Waals surface area (Å²) >= 11 is 5.75. The molecule has 4 heteroatoms. The summed E-state index contributed by atoms with van der Waals surface area (Å²) in [4.78, 5) is 2.31. The Hall–Kier alpha value is -0.830. The lowest BCUT2D eigenvalue weighted by Gasteiger charge is -2.41. The molecular weight excluding hydrogens is 234 g/mol. The topological polar surface area (TPSA) is 29.0 Å². The number of halogens is 1. The van der Waals surface area contributed by atoms with E-state index in [2.05, 4.69) is 28.9 Å². The van der Waals surface area contributed by atoms with Gasteiger partial charge in [0.15, 0.2) is 11.0 Å². The molecule has 0 unspecified atom stereocenters. The molecule has 0 aliphatic carbocycles. The van der Waals surface area contributed by atoms with Crippen molar-refractivity contribution in [3.63, 3.8) is 0 Å². The zero-order chi connectivity index (χ0) is 12.3. The second-order valence-corrected chi connectivity index (χ2v) is 5.30. The third kappa shape index (κ3) is 2.71. The van der Waals surface area contributed by atoms with Crippen LogP contribution < -0.4 is 4.90 Å². The third-order valence-electron chi connectivity index (χ3n) is 4.27. The average Bonchev–Trinajstić information content (AvgIpc) is 2.40. The second-order valence-electron chi connectivity index (χ2n) is 4.91. The van der Waals surface area contributed by atoms with Crippen LogP contribution in [0.2, 0.25) is 5.15 Å². The van der Waals surface area contributed by atoms with Crippen molar-refractivity contribution in [3.05, 3.63) is 17.3 Å². The first-order chi connectivity index (χ1) is 8.19. The van der Waals surface area contributed by atoms with Crippen molar-refractivity contribution in [3.8, 4) is 0 Å². The summed E-state index contributed by atoms with van der Waals surface area (Å²) in [6.45, 7) is 6.78. The van der Waals surface area contributed by atoms with Crippen molar-refractivity contribution in [2.75, 3.05) is 18.0 Å². The van der Waals surface area contributed by atoms with Crippen LogP contribution in [0.25, 0.3) is 0 Å². The number of aromatic nitrogens is 2. The summed E-state index contributed by atoms with van der Waals surface area (Å²) in [5, 5.41) is 8.51. The highest BCUT2D eigenvalue weighted by Crippen LogP contribution is 2.38. The SMILES string of the molecule is CCC1(CC)CCN(c2ccc(Cl)nn2)CC1. The van der Waals surface area contributed by atoms with Crippen LogP contribution in [0.3, 0.4) is 0 Å². The maximum absolute atomic E-state index is 5.75. The van der Waals surface area contributed by atoms with Crippen LogP contribution in [0.15, 0.2) is 12.1 Å². The van der Waals surface area contributed by atoms with Crippen molar-refractivity contribution in [1.82, 2.24) is 10.2 Å². The molecule has 0 spiro atoms. The first-order valence-electron chi connectivity index (χ1n) is 6.43. The van der Waals surface area contributed by atoms with Crippen molar-refractivity contribution >= 4 is 17.4 Å². The van der Waals surface area contributed by atoms with E-state index < -0.39 is 0 Å². The summed E-state index contributed by atoms with van der Waals surface area (Å²) in [5.74, 6) is 0.954. The highest BCUT2D eigenvalue weighted by atomic mass is 35.5. The van der Waals surface area contributed by atoms with Crippen LogP contribution in [-0.4, -0.2) is 23.3 Å². The van der Waals surface area contributed by atoms with E-state index >= 15 is 0 Å². The van der Waals surface area contributed by atoms with E-state index in [1.165, 1.54) is 25.7 Å². The molecule has 2 rings (SSSR count). The Kier molecular flexibility index (Phi) is 3.87. The Morgan fingerprint density at radius 2 is 1.82 bits per heavy atom. The second kappa shape index (κ2) is 5.21. The minimum Gasteiger partial charge on any atom is -0.355 e. The Balaban J connectivity index is 2.01. The molecule has 0 amide bonds. The molecule has 0 N–H and O–H groups in total. The smallest absolute Gasteiger partial charge is 0.151 e. The number of nitrogens with zero attached hydrogens (tertiary/aromatic N) is 3. The fourth-order valence-corrected chi connectivity index (χ4v) is 2.75. The zero-order valence-electron chi connectivity index (χ0n) is 10.6. The third-order valence-corrected chi connectivity index (χ3v) is 4.47. The quantitative estimate of drug-likeness (QED) is 0.825. The van der Waals surface area contributed by atoms with E-state index in [0.717, 1.165) is 18.9 Å². The molecular formula is C13H20ClN3. The van der Waals surface area contributed by atoms with Gasteiger partial charge in [-0.25, -0.2) is 0 Å². The summed E-state index contributed by atoms with van der Waals surface area (Å²) < 4.78 is 0. The number of rotatable bonds is 3. The van der Waals surface area contributed by atoms with Gasteiger partial charge in [-0.1, -0.05) is 38.3 Å². The predicted octanol–water partition coefficient (Wildman–Crippen LogP) is 3.54. The molecule has 1 aromatic heterocycles. The molecule has 0 saturated carbocycles. The van der Waals surface area contributed by atoms with E-state index in [4.69, 9.17) is 11.6 Å². The van der Waals surface area contributed by atoms with Crippen LogP contribution in [0.4, 0.5) is 5.82 Å². The lowest BCUT2D eigenvalue weighted by molar-refractivity contribution is 0.199. The average molecular weight is 254 g/mol. The Bertz CT molecular complexity index is 349. The van der Waals surface area contributed by atoms with Crippen LogP contribution in [0.1, 0.15) is 39.5 Å². The van der Waals surface area contributed by atoms with Gasteiger partial charge >= 0.3 is 0 Å². The van der Waals surface area contributed by atoms with E-state index in [1.807, 2.05) is 12.1 Å². The Morgan fingerprint density at radius 1 is 1.18 bits per heavy atom. The van der Waals surface area contributed by atoms with Gasteiger partial charge in [-0.3, -0.25) is 0 Å². The first-order valence-corrected chi connectivity index (χ1v) is 6.81. The van der Waals surface area contributed by atoms with E-state index in [-0.39, 0.29) is 0 Å². The van der Waals surface area contributed by atoms with Gasteiger partial charge in [0.1, 0.15) is 0 Å². The standard InChI is InChI=1S/C13H20ClN3/c1-3-13(4-2)7-9-17(10-8-13)12-6-5-11(14)15-16-12/h5-6H,3-4,7-10H2,1-2H3. The molecule has 2 heterocycles. The van der Waals surface area contributed by atoms with Crippen LogP contribution in [-0.2, 0) is 0 Å². The fourth-order valence-electron chi connectivity index (χ4n) is 2.64. The summed E-state index contributed by atoms with van der Waals surface area (Å²) in [6, 6.07) is 3.77. The Morgan fingerprint density at radius 3 is 2.29 bits per heavy atom. The summed E-state index contributed by atoms with van der Waals surface area (Å²) in [6.07, 6.45) is 5.07. The number of hydrogen-bond acceptors (Lipinski definition) is 3. The largest absolute Gasteiger partial charge is 0.355 e. The Labute approximate surface area is 108 Å². The molecule has 0 bridgehead atoms. The van der Waals surface area contributed by atoms with Crippen LogP contribution >= 0.6 is 11.6 Å². The molecule has 1 aliphatic rings. The van der Waals surface area contributed by atoms with Gasteiger partial charge in [-0.15, -0.1) is 10.2 Å². The molecule has 0 aromatic carbocycles. The van der Waals surface area contributed by atoms with Crippen molar-refractivity contribution < 1.29 is 0 Å². The predicted molar refractivity (Wildman–Crippen MR) is 71.5 cm³/mol. The monoisotopic (exact) mass is 253 g/mol. The first kappa shape index (κ1) is 12.6. The number of anilines is 1. The minimum absolute atomic E-state index is 0.460. The van der Waals surface area contributed by atoms with Crippen molar-refractivity contribution in [2.24, 2.45) is 5.41 Å². The van der Waals surface area contributed by atoms with Gasteiger partial charge in [0.2, 0.25) is 0 Å².